The van der Waals surface area contributed by atoms with Gasteiger partial charge in [0.05, 0.1) is 5.16 Å². The summed E-state index contributed by atoms with van der Waals surface area (Å²) in [6.45, 7) is 0. The molecule has 0 unspecified atom stereocenters. The summed E-state index contributed by atoms with van der Waals surface area (Å²) in [4.78, 5) is 10.2. The predicted octanol–water partition coefficient (Wildman–Crippen LogP) is -2.01. The minimum absolute atomic E-state index is 0.141. The first kappa shape index (κ1) is 6.33. The molecule has 0 saturated heterocycles. The molecule has 0 aliphatic carbocycles. The second kappa shape index (κ2) is 1.87. The van der Waals surface area contributed by atoms with Crippen molar-refractivity contribution in [2.24, 2.45) is 5.73 Å². The van der Waals surface area contributed by atoms with E-state index in [1.807, 2.05) is 0 Å². The second-order valence-corrected chi connectivity index (χ2v) is 1.53. The number of carbonyl (C=O) groups excluding carboxylic acids is 1. The van der Waals surface area contributed by atoms with Gasteiger partial charge in [-0.3, -0.25) is 9.42 Å². The highest BCUT2D eigenvalue weighted by Crippen LogP contribution is 1.98. The zero-order chi connectivity index (χ0) is 7.72. The fourth-order valence-electron chi connectivity index (χ4n) is 0.475. The van der Waals surface area contributed by atoms with Gasteiger partial charge >= 0.3 is 11.5 Å². The lowest BCUT2D eigenvalue weighted by Crippen LogP contribution is -2.34. The first-order valence-electron chi connectivity index (χ1n) is 2.28. The van der Waals surface area contributed by atoms with Crippen molar-refractivity contribution in [3.05, 3.63) is 10.9 Å². The van der Waals surface area contributed by atoms with Crippen LogP contribution in [0.25, 0.3) is 0 Å². The van der Waals surface area contributed by atoms with Crippen LogP contribution in [0.5, 0.6) is 0 Å². The average Bonchev–Trinajstić information content (AvgIpc) is 2.11. The molecule has 1 amide bonds. The average molecular weight is 144 g/mol. The minimum atomic E-state index is -0.964. The number of hydrogen-bond acceptors (Lipinski definition) is 5. The Morgan fingerprint density at radius 3 is 2.60 bits per heavy atom. The van der Waals surface area contributed by atoms with Gasteiger partial charge in [-0.05, 0) is 4.90 Å². The molecule has 0 spiro atoms. The maximum Gasteiger partial charge on any atom is 0.318 e. The second-order valence-electron chi connectivity index (χ2n) is 1.53. The molecule has 10 heavy (non-hydrogen) atoms. The molecule has 0 radical (unpaired) electrons. The molecule has 0 atom stereocenters. The van der Waals surface area contributed by atoms with E-state index >= 15 is 0 Å². The van der Waals surface area contributed by atoms with Gasteiger partial charge in [-0.1, -0.05) is 0 Å². The number of nitrogens with zero attached hydrogens (tertiary/aromatic N) is 2. The summed E-state index contributed by atoms with van der Waals surface area (Å²) in [5.74, 6) is -1.27. The van der Waals surface area contributed by atoms with Crippen molar-refractivity contribution in [1.82, 2.24) is 5.16 Å². The van der Waals surface area contributed by atoms with Gasteiger partial charge in [0.2, 0.25) is 0 Å². The highest BCUT2D eigenvalue weighted by Gasteiger charge is 2.20. The monoisotopic (exact) mass is 144 g/mol. The van der Waals surface area contributed by atoms with Crippen molar-refractivity contribution in [3.63, 3.8) is 0 Å². The first-order valence-corrected chi connectivity index (χ1v) is 2.28. The number of carbonyl (C=O) groups is 1. The number of primary amides is 1. The Kier molecular flexibility index (Phi) is 1.18. The zero-order valence-corrected chi connectivity index (χ0v) is 4.77. The lowest BCUT2D eigenvalue weighted by Gasteiger charge is -1.86. The molecular formula is C3H4N4O3. The van der Waals surface area contributed by atoms with Crippen LogP contribution in [0.4, 0.5) is 5.82 Å². The largest absolute Gasteiger partial charge is 0.362 e. The molecule has 1 rings (SSSR count). The molecule has 0 aromatic carbocycles. The first-order chi connectivity index (χ1) is 4.63. The van der Waals surface area contributed by atoms with Gasteiger partial charge < -0.3 is 16.7 Å². The fraction of sp³-hybridized carbons (Fsp3) is 0. The summed E-state index contributed by atoms with van der Waals surface area (Å²) in [5, 5.41) is 13.4. The summed E-state index contributed by atoms with van der Waals surface area (Å²) in [7, 11) is 0. The van der Waals surface area contributed by atoms with Crippen molar-refractivity contribution in [2.75, 3.05) is 5.73 Å². The number of aromatic nitrogens is 2. The molecule has 7 nitrogen and oxygen atoms in total. The highest BCUT2D eigenvalue weighted by molar-refractivity contribution is 5.93. The standard InChI is InChI=1S/C3H4N4O3/c4-2-1(3(5)8)7(9)10-6-2/h(H2,4,6)(H2,5,8). The molecule has 0 aliphatic heterocycles. The van der Waals surface area contributed by atoms with Crippen molar-refractivity contribution >= 4 is 11.7 Å². The van der Waals surface area contributed by atoms with Crippen LogP contribution in [0.2, 0.25) is 0 Å². The maximum absolute atomic E-state index is 10.4. The smallest absolute Gasteiger partial charge is 0.318 e. The van der Waals surface area contributed by atoms with E-state index in [1.54, 1.807) is 0 Å². The number of nitrogens with two attached hydrogens (primary N) is 2. The van der Waals surface area contributed by atoms with Crippen LogP contribution in [0.3, 0.4) is 0 Å². The van der Waals surface area contributed by atoms with E-state index in [0.29, 0.717) is 0 Å². The van der Waals surface area contributed by atoms with Crippen molar-refractivity contribution in [3.8, 4) is 0 Å². The van der Waals surface area contributed by atoms with Gasteiger partial charge in [0, 0.05) is 0 Å². The van der Waals surface area contributed by atoms with E-state index in [9.17, 15) is 10.0 Å². The van der Waals surface area contributed by atoms with Crippen LogP contribution >= 0.6 is 0 Å². The molecule has 1 aromatic heterocycles. The topological polar surface area (TPSA) is 122 Å². The van der Waals surface area contributed by atoms with Gasteiger partial charge in [-0.25, -0.2) is 0 Å². The zero-order valence-electron chi connectivity index (χ0n) is 4.77. The lowest BCUT2D eigenvalue weighted by molar-refractivity contribution is -0.803. The van der Waals surface area contributed by atoms with Crippen molar-refractivity contribution in [1.29, 1.82) is 0 Å². The lowest BCUT2D eigenvalue weighted by atomic mass is 10.4. The third-order valence-electron chi connectivity index (χ3n) is 0.872. The Morgan fingerprint density at radius 2 is 2.40 bits per heavy atom. The summed E-state index contributed by atoms with van der Waals surface area (Å²) in [6, 6.07) is 0. The Bertz CT molecular complexity index is 247. The number of amides is 1. The van der Waals surface area contributed by atoms with Gasteiger partial charge in [0.15, 0.2) is 0 Å². The van der Waals surface area contributed by atoms with Gasteiger partial charge in [-0.15, -0.1) is 0 Å². The predicted molar refractivity (Wildman–Crippen MR) is 28.4 cm³/mol. The molecular weight excluding hydrogens is 140 g/mol. The number of hydrogen-bond donors (Lipinski definition) is 2. The van der Waals surface area contributed by atoms with Crippen LogP contribution in [0.1, 0.15) is 10.5 Å². The van der Waals surface area contributed by atoms with E-state index in [2.05, 4.69) is 9.79 Å². The van der Waals surface area contributed by atoms with Crippen molar-refractivity contribution in [2.45, 2.75) is 0 Å². The van der Waals surface area contributed by atoms with E-state index in [-0.39, 0.29) is 10.7 Å². The molecule has 0 fully saturated rings. The van der Waals surface area contributed by atoms with Gasteiger partial charge in [-0.2, -0.15) is 0 Å². The van der Waals surface area contributed by atoms with Crippen molar-refractivity contribution < 1.29 is 14.3 Å². The molecule has 0 aliphatic rings. The summed E-state index contributed by atoms with van der Waals surface area (Å²) in [5.41, 5.74) is 9.26. The Hall–Kier alpha value is -1.79. The Labute approximate surface area is 54.7 Å². The minimum Gasteiger partial charge on any atom is -0.362 e. The molecule has 1 aromatic rings. The quantitative estimate of drug-likeness (QED) is 0.441. The molecule has 4 N–H and O–H groups in total. The number of rotatable bonds is 1. The van der Waals surface area contributed by atoms with Crippen LogP contribution in [-0.2, 0) is 0 Å². The molecule has 0 saturated carbocycles. The third kappa shape index (κ3) is 0.729. The Morgan fingerprint density at radius 1 is 1.80 bits per heavy atom. The number of nitrogen functional groups attached to an aromatic ring is 1. The van der Waals surface area contributed by atoms with Crippen LogP contribution in [-0.4, -0.2) is 11.1 Å². The van der Waals surface area contributed by atoms with E-state index < -0.39 is 11.6 Å². The number of anilines is 1. The maximum atomic E-state index is 10.4. The van der Waals surface area contributed by atoms with E-state index in [1.165, 1.54) is 0 Å². The van der Waals surface area contributed by atoms with Crippen LogP contribution < -0.4 is 16.4 Å². The summed E-state index contributed by atoms with van der Waals surface area (Å²) < 4.78 is 3.94. The molecule has 1 heterocycles. The molecule has 54 valence electrons. The third-order valence-corrected chi connectivity index (χ3v) is 0.872. The summed E-state index contributed by atoms with van der Waals surface area (Å²) >= 11 is 0. The normalized spacial score (nSPS) is 9.60. The van der Waals surface area contributed by atoms with E-state index in [0.717, 1.165) is 0 Å². The summed E-state index contributed by atoms with van der Waals surface area (Å²) in [6.07, 6.45) is 0. The van der Waals surface area contributed by atoms with Crippen LogP contribution in [0, 0.1) is 5.21 Å². The molecule has 7 heteroatoms. The highest BCUT2D eigenvalue weighted by atomic mass is 16.8. The Balaban J connectivity index is 3.23. The fourth-order valence-corrected chi connectivity index (χ4v) is 0.475. The van der Waals surface area contributed by atoms with Gasteiger partial charge in [0.25, 0.3) is 5.91 Å². The van der Waals surface area contributed by atoms with Gasteiger partial charge in [0.1, 0.15) is 0 Å². The van der Waals surface area contributed by atoms with Crippen LogP contribution in [0.15, 0.2) is 4.63 Å². The SMILES string of the molecule is NC(=O)c1c(N)no[n+]1[O-]. The van der Waals surface area contributed by atoms with E-state index in [4.69, 9.17) is 11.5 Å². The molecule has 0 bridgehead atoms.